The number of thiazole rings is 1. The lowest BCUT2D eigenvalue weighted by Crippen LogP contribution is -2.08. The van der Waals surface area contributed by atoms with Crippen molar-refractivity contribution in [3.05, 3.63) is 38.5 Å². The molecule has 0 unspecified atom stereocenters. The summed E-state index contributed by atoms with van der Waals surface area (Å²) in [5.74, 6) is -0.661. The summed E-state index contributed by atoms with van der Waals surface area (Å²) >= 11 is 8.44. The maximum Gasteiger partial charge on any atom is 0.311 e. The summed E-state index contributed by atoms with van der Waals surface area (Å²) < 4.78 is 5.22. The molecule has 110 valence electrons. The first-order chi connectivity index (χ1) is 10.1. The van der Waals surface area contributed by atoms with Crippen LogP contribution in [0.3, 0.4) is 0 Å². The zero-order valence-electron chi connectivity index (χ0n) is 11.0. The van der Waals surface area contributed by atoms with Crippen molar-refractivity contribution < 1.29 is 14.3 Å². The first-order valence-corrected chi connectivity index (χ1v) is 7.90. The van der Waals surface area contributed by atoms with Gasteiger partial charge in [-0.3, -0.25) is 14.9 Å². The zero-order chi connectivity index (χ0) is 15.2. The van der Waals surface area contributed by atoms with Crippen LogP contribution in [-0.4, -0.2) is 24.0 Å². The van der Waals surface area contributed by atoms with Gasteiger partial charge in [0.05, 0.1) is 23.6 Å². The Bertz CT molecular complexity index is 679. The molecule has 0 aliphatic rings. The number of aromatic nitrogens is 1. The molecular formula is C13H11ClN2O3S2. The van der Waals surface area contributed by atoms with E-state index in [1.54, 1.807) is 17.5 Å². The Labute approximate surface area is 134 Å². The van der Waals surface area contributed by atoms with E-state index in [9.17, 15) is 9.59 Å². The van der Waals surface area contributed by atoms with Gasteiger partial charge < -0.3 is 4.74 Å². The van der Waals surface area contributed by atoms with Crippen molar-refractivity contribution in [3.8, 4) is 0 Å². The first kappa shape index (κ1) is 15.7. The van der Waals surface area contributed by atoms with E-state index in [0.29, 0.717) is 15.2 Å². The number of rotatable bonds is 5. The molecule has 2 heterocycles. The summed E-state index contributed by atoms with van der Waals surface area (Å²) in [4.78, 5) is 27.9. The number of hydrogen-bond donors (Lipinski definition) is 1. The monoisotopic (exact) mass is 342 g/mol. The summed E-state index contributed by atoms with van der Waals surface area (Å²) in [6, 6.07) is 3.60. The molecule has 0 spiro atoms. The van der Waals surface area contributed by atoms with E-state index in [4.69, 9.17) is 11.6 Å². The van der Waals surface area contributed by atoms with Crippen LogP contribution in [0.4, 0.5) is 5.13 Å². The minimum absolute atomic E-state index is 0.0897. The molecule has 0 saturated heterocycles. The van der Waals surface area contributed by atoms with Crippen molar-refractivity contribution in [2.45, 2.75) is 6.42 Å². The Kier molecular flexibility index (Phi) is 5.49. The molecule has 0 aliphatic carbocycles. The minimum Gasteiger partial charge on any atom is -0.469 e. The quantitative estimate of drug-likeness (QED) is 0.669. The highest BCUT2D eigenvalue weighted by molar-refractivity contribution is 7.17. The number of carbonyl (C=O) groups excluding carboxylic acids is 2. The average molecular weight is 343 g/mol. The van der Waals surface area contributed by atoms with E-state index >= 15 is 0 Å². The van der Waals surface area contributed by atoms with Gasteiger partial charge >= 0.3 is 5.97 Å². The number of hydrogen-bond acceptors (Lipinski definition) is 6. The van der Waals surface area contributed by atoms with Crippen molar-refractivity contribution in [1.29, 1.82) is 0 Å². The third-order valence-electron chi connectivity index (χ3n) is 2.33. The van der Waals surface area contributed by atoms with Crippen LogP contribution in [0.15, 0.2) is 23.6 Å². The highest BCUT2D eigenvalue weighted by atomic mass is 35.5. The van der Waals surface area contributed by atoms with E-state index in [-0.39, 0.29) is 18.3 Å². The second-order valence-corrected chi connectivity index (χ2v) is 6.47. The average Bonchev–Trinajstić information content (AvgIpc) is 3.05. The third-order valence-corrected chi connectivity index (χ3v) is 4.33. The molecule has 1 amide bonds. The fourth-order valence-corrected chi connectivity index (χ4v) is 3.07. The van der Waals surface area contributed by atoms with E-state index in [1.807, 2.05) is 6.07 Å². The highest BCUT2D eigenvalue weighted by Crippen LogP contribution is 2.22. The summed E-state index contributed by atoms with van der Waals surface area (Å²) in [7, 11) is 1.32. The Morgan fingerprint density at radius 2 is 2.29 bits per heavy atom. The summed E-state index contributed by atoms with van der Waals surface area (Å²) in [5.41, 5.74) is 0.566. The van der Waals surface area contributed by atoms with Gasteiger partial charge in [0.1, 0.15) is 0 Å². The number of methoxy groups -OCH3 is 1. The van der Waals surface area contributed by atoms with Crippen LogP contribution in [-0.2, 0) is 20.7 Å². The predicted octanol–water partition coefficient (Wildman–Crippen LogP) is 3.23. The van der Waals surface area contributed by atoms with Gasteiger partial charge in [0.2, 0.25) is 5.91 Å². The molecule has 5 nitrogen and oxygen atoms in total. The van der Waals surface area contributed by atoms with E-state index in [0.717, 1.165) is 4.88 Å². The Balaban J connectivity index is 1.90. The third kappa shape index (κ3) is 4.96. The molecule has 0 radical (unpaired) electrons. The number of thiophene rings is 1. The van der Waals surface area contributed by atoms with Crippen molar-refractivity contribution in [2.75, 3.05) is 12.4 Å². The van der Waals surface area contributed by atoms with Crippen LogP contribution in [0.5, 0.6) is 0 Å². The second-order valence-electron chi connectivity index (χ2n) is 3.86. The number of nitrogens with one attached hydrogen (secondary N) is 1. The van der Waals surface area contributed by atoms with E-state index in [1.165, 1.54) is 35.9 Å². The van der Waals surface area contributed by atoms with Gasteiger partial charge in [-0.25, -0.2) is 4.98 Å². The maximum atomic E-state index is 11.7. The minimum atomic E-state index is -0.368. The van der Waals surface area contributed by atoms with Gasteiger partial charge in [0, 0.05) is 16.3 Å². The molecule has 0 aromatic carbocycles. The van der Waals surface area contributed by atoms with Crippen molar-refractivity contribution in [1.82, 2.24) is 4.98 Å². The van der Waals surface area contributed by atoms with Crippen LogP contribution in [0.1, 0.15) is 10.6 Å². The van der Waals surface area contributed by atoms with Gasteiger partial charge in [0.25, 0.3) is 0 Å². The molecule has 0 saturated carbocycles. The van der Waals surface area contributed by atoms with Crippen LogP contribution < -0.4 is 5.32 Å². The normalized spacial score (nSPS) is 10.8. The number of halogens is 1. The predicted molar refractivity (Wildman–Crippen MR) is 84.8 cm³/mol. The SMILES string of the molecule is COC(=O)Cc1csc(NC(=O)/C=C/c2ccc(Cl)s2)n1. The van der Waals surface area contributed by atoms with Gasteiger partial charge in [0.15, 0.2) is 5.13 Å². The Morgan fingerprint density at radius 1 is 1.48 bits per heavy atom. The van der Waals surface area contributed by atoms with Gasteiger partial charge in [-0.2, -0.15) is 0 Å². The van der Waals surface area contributed by atoms with Crippen molar-refractivity contribution >= 4 is 57.4 Å². The molecule has 1 N–H and O–H groups in total. The van der Waals surface area contributed by atoms with Crippen LogP contribution in [0, 0.1) is 0 Å². The molecule has 0 atom stereocenters. The van der Waals surface area contributed by atoms with Gasteiger partial charge in [-0.1, -0.05) is 11.6 Å². The number of esters is 1. The first-order valence-electron chi connectivity index (χ1n) is 5.82. The van der Waals surface area contributed by atoms with Crippen LogP contribution >= 0.6 is 34.3 Å². The lowest BCUT2D eigenvalue weighted by atomic mass is 10.3. The standard InChI is InChI=1S/C13H11ClN2O3S2/c1-19-12(18)6-8-7-20-13(15-8)16-11(17)5-3-9-2-4-10(14)21-9/h2-5,7H,6H2,1H3,(H,15,16,17)/b5-3+. The molecule has 2 rings (SSSR count). The van der Waals surface area contributed by atoms with E-state index in [2.05, 4.69) is 15.0 Å². The van der Waals surface area contributed by atoms with Crippen LogP contribution in [0.25, 0.3) is 6.08 Å². The second kappa shape index (κ2) is 7.35. The van der Waals surface area contributed by atoms with Crippen LogP contribution in [0.2, 0.25) is 4.34 Å². The summed E-state index contributed by atoms with van der Waals surface area (Å²) in [6.07, 6.45) is 3.17. The smallest absolute Gasteiger partial charge is 0.311 e. The summed E-state index contributed by atoms with van der Waals surface area (Å²) in [6.45, 7) is 0. The van der Waals surface area contributed by atoms with E-state index < -0.39 is 0 Å². The van der Waals surface area contributed by atoms with Gasteiger partial charge in [-0.05, 0) is 18.2 Å². The molecular weight excluding hydrogens is 332 g/mol. The van der Waals surface area contributed by atoms with Gasteiger partial charge in [-0.15, -0.1) is 22.7 Å². The van der Waals surface area contributed by atoms with Crippen molar-refractivity contribution in [3.63, 3.8) is 0 Å². The molecule has 0 bridgehead atoms. The largest absolute Gasteiger partial charge is 0.469 e. The zero-order valence-corrected chi connectivity index (χ0v) is 13.3. The molecule has 2 aromatic rings. The maximum absolute atomic E-state index is 11.7. The Hall–Kier alpha value is -1.70. The molecule has 21 heavy (non-hydrogen) atoms. The fraction of sp³-hybridized carbons (Fsp3) is 0.154. The van der Waals surface area contributed by atoms with Crippen molar-refractivity contribution in [2.24, 2.45) is 0 Å². The number of anilines is 1. The number of carbonyl (C=O) groups is 2. The topological polar surface area (TPSA) is 68.3 Å². The number of ether oxygens (including phenoxy) is 1. The lowest BCUT2D eigenvalue weighted by Gasteiger charge is -1.96. The summed E-state index contributed by atoms with van der Waals surface area (Å²) in [5, 5.41) is 4.77. The number of amides is 1. The lowest BCUT2D eigenvalue weighted by molar-refractivity contribution is -0.139. The number of nitrogens with zero attached hydrogens (tertiary/aromatic N) is 1. The fourth-order valence-electron chi connectivity index (χ4n) is 1.39. The Morgan fingerprint density at radius 3 is 2.95 bits per heavy atom. The molecule has 2 aromatic heterocycles. The molecule has 0 aliphatic heterocycles. The molecule has 8 heteroatoms. The highest BCUT2D eigenvalue weighted by Gasteiger charge is 2.08. The molecule has 0 fully saturated rings.